The smallest absolute Gasteiger partial charge is 0.145 e. The summed E-state index contributed by atoms with van der Waals surface area (Å²) in [5.74, 6) is 0.919. The number of aromatic nitrogens is 3. The highest BCUT2D eigenvalue weighted by atomic mass is 15.1. The van der Waals surface area contributed by atoms with Gasteiger partial charge >= 0.3 is 0 Å². The molecule has 9 aromatic carbocycles. The molecule has 0 bridgehead atoms. The highest BCUT2D eigenvalue weighted by molar-refractivity contribution is 6.10. The van der Waals surface area contributed by atoms with E-state index in [-0.39, 0.29) is 0 Å². The number of benzene rings is 9. The number of fused-ring (bicyclic) bond motifs is 4. The van der Waals surface area contributed by atoms with E-state index in [0.717, 1.165) is 39.2 Å². The first-order chi connectivity index (χ1) is 28.8. The minimum absolute atomic E-state index is 0.919. The van der Waals surface area contributed by atoms with Gasteiger partial charge in [0.2, 0.25) is 0 Å². The summed E-state index contributed by atoms with van der Waals surface area (Å²) in [7, 11) is 0. The molecule has 0 amide bonds. The summed E-state index contributed by atoms with van der Waals surface area (Å²) in [6.07, 6.45) is 0. The van der Waals surface area contributed by atoms with E-state index < -0.39 is 0 Å². The van der Waals surface area contributed by atoms with Gasteiger partial charge in [0.15, 0.2) is 0 Å². The first-order valence-electron chi connectivity index (χ1n) is 19.8. The third-order valence-electron chi connectivity index (χ3n) is 11.4. The van der Waals surface area contributed by atoms with E-state index in [0.29, 0.717) is 0 Å². The van der Waals surface area contributed by atoms with E-state index in [1.807, 2.05) is 0 Å². The Morgan fingerprint density at radius 2 is 0.793 bits per heavy atom. The number of nitrogens with zero attached hydrogens (tertiary/aromatic N) is 3. The monoisotopic (exact) mass is 739 g/mol. The lowest BCUT2D eigenvalue weighted by Gasteiger charge is -2.17. The molecule has 0 aliphatic rings. The van der Waals surface area contributed by atoms with Gasteiger partial charge in [0.25, 0.3) is 0 Å². The van der Waals surface area contributed by atoms with Crippen LogP contribution in [0.3, 0.4) is 0 Å². The van der Waals surface area contributed by atoms with Crippen molar-refractivity contribution in [1.82, 2.24) is 14.1 Å². The fourth-order valence-electron chi connectivity index (χ4n) is 8.65. The Morgan fingerprint density at radius 1 is 0.276 bits per heavy atom. The van der Waals surface area contributed by atoms with Gasteiger partial charge in [0, 0.05) is 27.7 Å². The van der Waals surface area contributed by atoms with E-state index >= 15 is 0 Å². The molecule has 0 fully saturated rings. The maximum absolute atomic E-state index is 5.20. The average molecular weight is 740 g/mol. The van der Waals surface area contributed by atoms with E-state index in [9.17, 15) is 0 Å². The second-order valence-corrected chi connectivity index (χ2v) is 14.8. The van der Waals surface area contributed by atoms with Crippen LogP contribution < -0.4 is 0 Å². The molecule has 11 rings (SSSR count). The van der Waals surface area contributed by atoms with Gasteiger partial charge < -0.3 is 4.57 Å². The Labute approximate surface area is 337 Å². The van der Waals surface area contributed by atoms with Crippen LogP contribution in [0, 0.1) is 0 Å². The molecule has 0 spiro atoms. The Hall–Kier alpha value is -7.75. The maximum atomic E-state index is 5.20. The zero-order valence-corrected chi connectivity index (χ0v) is 31.7. The lowest BCUT2D eigenvalue weighted by Crippen LogP contribution is -1.98. The lowest BCUT2D eigenvalue weighted by molar-refractivity contribution is 1.10. The van der Waals surface area contributed by atoms with Crippen molar-refractivity contribution in [2.45, 2.75) is 0 Å². The average Bonchev–Trinajstić information content (AvgIpc) is 3.86. The Kier molecular flexibility index (Phi) is 8.15. The molecule has 11 aromatic rings. The molecule has 0 aliphatic heterocycles. The van der Waals surface area contributed by atoms with Crippen molar-refractivity contribution in [2.24, 2.45) is 0 Å². The minimum atomic E-state index is 0.919. The molecule has 0 atom stereocenters. The molecule has 3 nitrogen and oxygen atoms in total. The maximum Gasteiger partial charge on any atom is 0.145 e. The SMILES string of the molecule is c1ccc(-c2cc(-c3nc4ccccc4n3-c3ccccc3)ccc2-c2ccccc2-c2ccc(-c3ccc4c(c3)c3ccccc3n4-c3ccccc3)cc2)cc1. The molecule has 272 valence electrons. The topological polar surface area (TPSA) is 22.8 Å². The number of para-hydroxylation sites is 5. The zero-order valence-electron chi connectivity index (χ0n) is 31.7. The van der Waals surface area contributed by atoms with Crippen LogP contribution in [0.2, 0.25) is 0 Å². The fourth-order valence-corrected chi connectivity index (χ4v) is 8.65. The summed E-state index contributed by atoms with van der Waals surface area (Å²) in [4.78, 5) is 5.20. The summed E-state index contributed by atoms with van der Waals surface area (Å²) in [6.45, 7) is 0. The molecule has 2 heterocycles. The van der Waals surface area contributed by atoms with E-state index in [1.54, 1.807) is 0 Å². The fraction of sp³-hybridized carbons (Fsp3) is 0. The highest BCUT2D eigenvalue weighted by Gasteiger charge is 2.19. The normalized spacial score (nSPS) is 11.4. The van der Waals surface area contributed by atoms with E-state index in [2.05, 4.69) is 234 Å². The third kappa shape index (κ3) is 5.72. The second kappa shape index (κ2) is 14.1. The molecule has 3 heteroatoms. The Bertz CT molecular complexity index is 3250. The summed E-state index contributed by atoms with van der Waals surface area (Å²) in [5.41, 5.74) is 17.2. The molecule has 58 heavy (non-hydrogen) atoms. The summed E-state index contributed by atoms with van der Waals surface area (Å²) in [5, 5.41) is 2.51. The molecule has 0 N–H and O–H groups in total. The van der Waals surface area contributed by atoms with Gasteiger partial charge in [-0.1, -0.05) is 164 Å². The first-order valence-corrected chi connectivity index (χ1v) is 19.8. The molecule has 0 saturated carbocycles. The summed E-state index contributed by atoms with van der Waals surface area (Å²) in [6, 6.07) is 80.5. The highest BCUT2D eigenvalue weighted by Crippen LogP contribution is 2.42. The van der Waals surface area contributed by atoms with Crippen LogP contribution in [0.5, 0.6) is 0 Å². The van der Waals surface area contributed by atoms with Crippen molar-refractivity contribution in [3.05, 3.63) is 224 Å². The van der Waals surface area contributed by atoms with Crippen molar-refractivity contribution >= 4 is 32.8 Å². The van der Waals surface area contributed by atoms with Gasteiger partial charge in [-0.3, -0.25) is 4.57 Å². The van der Waals surface area contributed by atoms with Gasteiger partial charge in [-0.25, -0.2) is 4.98 Å². The van der Waals surface area contributed by atoms with Crippen LogP contribution in [-0.2, 0) is 0 Å². The van der Waals surface area contributed by atoms with Gasteiger partial charge in [0.1, 0.15) is 5.82 Å². The lowest BCUT2D eigenvalue weighted by atomic mass is 9.88. The van der Waals surface area contributed by atoms with Crippen molar-refractivity contribution in [3.63, 3.8) is 0 Å². The second-order valence-electron chi connectivity index (χ2n) is 14.8. The molecular formula is C55H37N3. The largest absolute Gasteiger partial charge is 0.309 e. The van der Waals surface area contributed by atoms with Gasteiger partial charge in [-0.15, -0.1) is 0 Å². The predicted octanol–water partition coefficient (Wildman–Crippen LogP) is 14.5. The number of imidazole rings is 1. The Morgan fingerprint density at radius 3 is 1.55 bits per heavy atom. The van der Waals surface area contributed by atoms with Gasteiger partial charge in [0.05, 0.1) is 22.1 Å². The van der Waals surface area contributed by atoms with Crippen molar-refractivity contribution in [1.29, 1.82) is 0 Å². The van der Waals surface area contributed by atoms with E-state index in [4.69, 9.17) is 4.98 Å². The quantitative estimate of drug-likeness (QED) is 0.160. The van der Waals surface area contributed by atoms with Gasteiger partial charge in [-0.2, -0.15) is 0 Å². The van der Waals surface area contributed by atoms with E-state index in [1.165, 1.54) is 60.9 Å². The number of hydrogen-bond acceptors (Lipinski definition) is 1. The van der Waals surface area contributed by atoms with Gasteiger partial charge in [-0.05, 0) is 105 Å². The Balaban J connectivity index is 1.01. The zero-order chi connectivity index (χ0) is 38.4. The summed E-state index contributed by atoms with van der Waals surface area (Å²) < 4.78 is 4.64. The molecule has 0 radical (unpaired) electrons. The summed E-state index contributed by atoms with van der Waals surface area (Å²) >= 11 is 0. The van der Waals surface area contributed by atoms with Crippen molar-refractivity contribution in [3.8, 4) is 67.3 Å². The number of hydrogen-bond donors (Lipinski definition) is 0. The molecule has 0 saturated heterocycles. The molecular weight excluding hydrogens is 703 g/mol. The molecule has 0 aliphatic carbocycles. The third-order valence-corrected chi connectivity index (χ3v) is 11.4. The predicted molar refractivity (Wildman–Crippen MR) is 243 cm³/mol. The van der Waals surface area contributed by atoms with Crippen LogP contribution in [0.15, 0.2) is 224 Å². The van der Waals surface area contributed by atoms with Crippen LogP contribution in [0.25, 0.3) is 100 Å². The van der Waals surface area contributed by atoms with Crippen LogP contribution in [-0.4, -0.2) is 14.1 Å². The van der Waals surface area contributed by atoms with Crippen molar-refractivity contribution < 1.29 is 0 Å². The first kappa shape index (κ1) is 33.6. The van der Waals surface area contributed by atoms with Crippen LogP contribution >= 0.6 is 0 Å². The van der Waals surface area contributed by atoms with Crippen LogP contribution in [0.4, 0.5) is 0 Å². The molecule has 2 aromatic heterocycles. The minimum Gasteiger partial charge on any atom is -0.309 e. The van der Waals surface area contributed by atoms with Crippen LogP contribution in [0.1, 0.15) is 0 Å². The standard InChI is InChI=1S/C55H37N3/c1-4-16-39(17-5-1)49-37-42(55-56-51-25-13-15-27-54(51)58(55)44-20-8-3-9-21-44)32-34-47(49)46-23-11-10-22-45(46)40-30-28-38(29-31-40)41-33-35-53-50(36-41)48-24-12-14-26-52(48)57(53)43-18-6-2-7-19-43/h1-37H. The van der Waals surface area contributed by atoms with Crippen molar-refractivity contribution in [2.75, 3.05) is 0 Å². The molecule has 0 unspecified atom stereocenters. The number of rotatable bonds is 7.